The van der Waals surface area contributed by atoms with E-state index < -0.39 is 15.8 Å². The van der Waals surface area contributed by atoms with Gasteiger partial charge in [-0.1, -0.05) is 240 Å². The van der Waals surface area contributed by atoms with Crippen LogP contribution in [0.1, 0.15) is 65.7 Å². The fraction of sp³-hybridized carbons (Fsp3) is 0.267. The summed E-state index contributed by atoms with van der Waals surface area (Å²) in [5.41, 5.74) is 0.442. The maximum absolute atomic E-state index is 7.79. The molecule has 4 aliphatic carbocycles. The van der Waals surface area contributed by atoms with Crippen LogP contribution in [0.5, 0.6) is 0 Å². The second-order valence-electron chi connectivity index (χ2n) is 18.0. The Bertz CT molecular complexity index is 2040. The van der Waals surface area contributed by atoms with Gasteiger partial charge in [-0.2, -0.15) is 0 Å². The number of hydrogen-bond donors (Lipinski definition) is 0. The van der Waals surface area contributed by atoms with Crippen LogP contribution in [0.4, 0.5) is 0 Å². The van der Waals surface area contributed by atoms with Crippen LogP contribution >= 0.6 is 15.8 Å². The minimum atomic E-state index is -0.446. The van der Waals surface area contributed by atoms with E-state index in [-0.39, 0.29) is 35.7 Å². The molecule has 6 aromatic carbocycles. The standard InChI is InChI=1S/2C18H15P.C15H21.C9H12.Ru/c2*1-4-10-16(11-5-1)19(17-12-6-2-7-13-17)18-14-8-3-9-15-18;1-6-9-15(7-2)13(3,4)12-8-10-14(15,5)11-12;1-2-5-9-7-3-6-8(9)4-1;/h2*1-15H;6,12H,1,8-11H2,3-5H3;1-2,4-5,8-9H,3,6-7H2;/q;;-1;;+2/t;;12-,14+,15?;;/m..0../s1. The summed E-state index contributed by atoms with van der Waals surface area (Å²) in [5.74, 6) is 5.49. The summed E-state index contributed by atoms with van der Waals surface area (Å²) < 4.78 is 0. The van der Waals surface area contributed by atoms with Crippen molar-refractivity contribution in [3.05, 3.63) is 225 Å². The molecule has 10 rings (SSSR count). The minimum Gasteiger partial charge on any atom is -0.693 e. The fourth-order valence-electron chi connectivity index (χ4n) is 10.7. The zero-order chi connectivity index (χ0) is 43.3. The third-order valence-electron chi connectivity index (χ3n) is 14.1. The molecule has 0 saturated heterocycles. The molecule has 320 valence electrons. The summed E-state index contributed by atoms with van der Waals surface area (Å²) in [4.78, 5) is 0. The van der Waals surface area contributed by atoms with Crippen molar-refractivity contribution < 1.29 is 19.5 Å². The van der Waals surface area contributed by atoms with Crippen molar-refractivity contribution in [1.29, 1.82) is 0 Å². The Balaban J connectivity index is 0.000000143. The van der Waals surface area contributed by atoms with E-state index >= 15 is 0 Å². The zero-order valence-electron chi connectivity index (χ0n) is 37.3. The van der Waals surface area contributed by atoms with Crippen LogP contribution in [0.25, 0.3) is 0 Å². The van der Waals surface area contributed by atoms with E-state index in [1.807, 2.05) is 6.08 Å². The summed E-state index contributed by atoms with van der Waals surface area (Å²) in [6.07, 6.45) is 27.9. The van der Waals surface area contributed by atoms with E-state index in [1.165, 1.54) is 70.4 Å². The Hall–Kier alpha value is -4.42. The largest absolute Gasteiger partial charge is 2.00 e. The van der Waals surface area contributed by atoms with Gasteiger partial charge in [0.15, 0.2) is 0 Å². The van der Waals surface area contributed by atoms with Crippen molar-refractivity contribution in [3.63, 3.8) is 0 Å². The first-order valence-corrected chi connectivity index (χ1v) is 25.3. The molecule has 4 aliphatic rings. The monoisotopic (exact) mass is 947 g/mol. The van der Waals surface area contributed by atoms with Gasteiger partial charge in [0, 0.05) is 5.41 Å². The number of hydrogen-bond acceptors (Lipinski definition) is 0. The van der Waals surface area contributed by atoms with Crippen molar-refractivity contribution in [1.82, 2.24) is 0 Å². The molecule has 3 saturated carbocycles. The van der Waals surface area contributed by atoms with Crippen molar-refractivity contribution in [2.45, 2.75) is 65.7 Å². The number of rotatable bonds is 8. The summed E-state index contributed by atoms with van der Waals surface area (Å²) >= 11 is 0. The molecule has 63 heavy (non-hydrogen) atoms. The average molecular weight is 947 g/mol. The fourth-order valence-corrected chi connectivity index (χ4v) is 15.3. The molecule has 0 N–H and O–H groups in total. The van der Waals surface area contributed by atoms with E-state index in [2.05, 4.69) is 240 Å². The molecule has 3 fully saturated rings. The molecule has 0 aromatic heterocycles. The van der Waals surface area contributed by atoms with E-state index in [4.69, 9.17) is 6.42 Å². The van der Waals surface area contributed by atoms with Gasteiger partial charge in [-0.25, -0.2) is 0 Å². The van der Waals surface area contributed by atoms with Crippen LogP contribution in [-0.4, -0.2) is 0 Å². The average Bonchev–Trinajstić information content (AvgIpc) is 4.03. The molecular formula is C60H63P2Ru+. The summed E-state index contributed by atoms with van der Waals surface area (Å²) in [6.45, 7) is 10.9. The van der Waals surface area contributed by atoms with Crippen molar-refractivity contribution in [2.24, 2.45) is 34.0 Å². The van der Waals surface area contributed by atoms with Crippen LogP contribution < -0.4 is 31.8 Å². The van der Waals surface area contributed by atoms with Gasteiger partial charge in [-0.15, -0.1) is 6.58 Å². The van der Waals surface area contributed by atoms with Gasteiger partial charge in [0.25, 0.3) is 0 Å². The summed E-state index contributed by atoms with van der Waals surface area (Å²) in [6, 6.07) is 64.7. The Morgan fingerprint density at radius 2 is 0.857 bits per heavy atom. The van der Waals surface area contributed by atoms with Gasteiger partial charge in [-0.05, 0) is 115 Å². The Morgan fingerprint density at radius 3 is 1.11 bits per heavy atom. The van der Waals surface area contributed by atoms with Gasteiger partial charge >= 0.3 is 19.5 Å². The molecule has 5 atom stereocenters. The molecule has 0 spiro atoms. The molecule has 0 nitrogen and oxygen atoms in total. The Labute approximate surface area is 395 Å². The van der Waals surface area contributed by atoms with Gasteiger partial charge in [0.2, 0.25) is 0 Å². The van der Waals surface area contributed by atoms with E-state index in [0.29, 0.717) is 0 Å². The van der Waals surface area contributed by atoms with Crippen LogP contribution in [0.2, 0.25) is 0 Å². The second-order valence-corrected chi connectivity index (χ2v) is 22.4. The van der Waals surface area contributed by atoms with Crippen LogP contribution in [-0.2, 0) is 19.5 Å². The number of benzene rings is 6. The predicted molar refractivity (Wildman–Crippen MR) is 273 cm³/mol. The van der Waals surface area contributed by atoms with Crippen molar-refractivity contribution >= 4 is 47.7 Å². The Kier molecular flexibility index (Phi) is 17.5. The molecular weight excluding hydrogens is 884 g/mol. The third-order valence-corrected chi connectivity index (χ3v) is 19.0. The van der Waals surface area contributed by atoms with Crippen LogP contribution in [0.3, 0.4) is 0 Å². The van der Waals surface area contributed by atoms with Crippen molar-refractivity contribution in [3.8, 4) is 5.92 Å². The Morgan fingerprint density at radius 1 is 0.540 bits per heavy atom. The maximum Gasteiger partial charge on any atom is 2.00 e. The van der Waals surface area contributed by atoms with E-state index in [1.54, 1.807) is 0 Å². The molecule has 6 aromatic rings. The molecule has 3 heteroatoms. The summed E-state index contributed by atoms with van der Waals surface area (Å²) in [7, 11) is -0.892. The first-order valence-electron chi connectivity index (χ1n) is 22.6. The molecule has 2 bridgehead atoms. The predicted octanol–water partition coefficient (Wildman–Crippen LogP) is 13.4. The maximum atomic E-state index is 7.79. The van der Waals surface area contributed by atoms with Gasteiger partial charge in [0.1, 0.15) is 0 Å². The van der Waals surface area contributed by atoms with E-state index in [9.17, 15) is 0 Å². The van der Waals surface area contributed by atoms with Crippen LogP contribution in [0, 0.1) is 46.3 Å². The quantitative estimate of drug-likeness (QED) is 0.0469. The SMILES string of the molecule is C1=CC2CCCC2C=C1.[C-]#CC1(CC=C)C(C)(C)[C@H]2CC[C@]1(C)C2.[Ru+2].c1ccc(P(c2ccccc2)c2ccccc2)cc1.c1ccc(P(c2ccccc2)c2ccccc2)cc1. The number of fused-ring (bicyclic) bond motifs is 3. The molecule has 0 heterocycles. The number of allylic oxidation sites excluding steroid dienone is 5. The van der Waals surface area contributed by atoms with E-state index in [0.717, 1.165) is 24.2 Å². The van der Waals surface area contributed by atoms with Gasteiger partial charge in [-0.3, -0.25) is 0 Å². The van der Waals surface area contributed by atoms with Crippen LogP contribution in [0.15, 0.2) is 219 Å². The summed E-state index contributed by atoms with van der Waals surface area (Å²) in [5, 5.41) is 8.39. The zero-order valence-corrected chi connectivity index (χ0v) is 40.9. The van der Waals surface area contributed by atoms with Crippen molar-refractivity contribution in [2.75, 3.05) is 0 Å². The molecule has 0 amide bonds. The molecule has 0 radical (unpaired) electrons. The van der Waals surface area contributed by atoms with Gasteiger partial charge < -0.3 is 12.3 Å². The van der Waals surface area contributed by atoms with Gasteiger partial charge in [0.05, 0.1) is 0 Å². The topological polar surface area (TPSA) is 0 Å². The molecule has 0 aliphatic heterocycles. The smallest absolute Gasteiger partial charge is 0.693 e. The first kappa shape index (κ1) is 48.0. The third kappa shape index (κ3) is 11.1. The normalized spacial score (nSPS) is 23.0. The minimum absolute atomic E-state index is 0. The first-order chi connectivity index (χ1) is 30.3. The second kappa shape index (κ2) is 23.0. The molecule has 3 unspecified atom stereocenters.